The maximum atomic E-state index is 12.6. The van der Waals surface area contributed by atoms with Gasteiger partial charge in [0, 0.05) is 41.4 Å². The predicted octanol–water partition coefficient (Wildman–Crippen LogP) is 5.57. The maximum absolute atomic E-state index is 12.6. The summed E-state index contributed by atoms with van der Waals surface area (Å²) in [5, 5.41) is 4.55. The molecule has 0 fully saturated rings. The third kappa shape index (κ3) is 3.84. The number of H-pyrrole nitrogens is 1. The van der Waals surface area contributed by atoms with Crippen LogP contribution in [0.1, 0.15) is 35.7 Å². The molecule has 0 radical (unpaired) electrons. The number of hydrogen-bond donors (Lipinski definition) is 2. The second-order valence-electron chi connectivity index (χ2n) is 7.18. The second kappa shape index (κ2) is 8.21. The highest BCUT2D eigenvalue weighted by molar-refractivity contribution is 6.34. The van der Waals surface area contributed by atoms with Crippen LogP contribution in [-0.4, -0.2) is 35.4 Å². The summed E-state index contributed by atoms with van der Waals surface area (Å²) in [6.07, 6.45) is 6.64. The zero-order valence-corrected chi connectivity index (χ0v) is 16.7. The fraction of sp³-hybridized carbons (Fsp3) is 0.261. The molecular formula is C23H24ClN3O. The van der Waals surface area contributed by atoms with Gasteiger partial charge in [0.05, 0.1) is 10.6 Å². The van der Waals surface area contributed by atoms with Crippen molar-refractivity contribution in [2.24, 2.45) is 0 Å². The molecule has 0 saturated heterocycles. The van der Waals surface area contributed by atoms with Gasteiger partial charge in [-0.15, -0.1) is 0 Å². The van der Waals surface area contributed by atoms with Crippen molar-refractivity contribution in [1.29, 1.82) is 0 Å². The smallest absolute Gasteiger partial charge is 0.257 e. The number of amides is 1. The lowest BCUT2D eigenvalue weighted by atomic mass is 9.98. The summed E-state index contributed by atoms with van der Waals surface area (Å²) in [5.41, 5.74) is 4.91. The van der Waals surface area contributed by atoms with Crippen molar-refractivity contribution in [2.45, 2.75) is 19.8 Å². The van der Waals surface area contributed by atoms with E-state index in [-0.39, 0.29) is 5.91 Å². The molecule has 1 aromatic heterocycles. The van der Waals surface area contributed by atoms with Crippen LogP contribution < -0.4 is 5.32 Å². The van der Waals surface area contributed by atoms with Crippen molar-refractivity contribution >= 4 is 39.7 Å². The molecule has 3 aromatic rings. The highest BCUT2D eigenvalue weighted by Gasteiger charge is 2.16. The van der Waals surface area contributed by atoms with Gasteiger partial charge in [-0.1, -0.05) is 36.7 Å². The zero-order valence-electron chi connectivity index (χ0n) is 16.0. The Morgan fingerprint density at radius 2 is 2.11 bits per heavy atom. The maximum Gasteiger partial charge on any atom is 0.257 e. The van der Waals surface area contributed by atoms with Crippen molar-refractivity contribution < 1.29 is 4.79 Å². The Kier molecular flexibility index (Phi) is 5.51. The Morgan fingerprint density at radius 3 is 2.86 bits per heavy atom. The fourth-order valence-corrected chi connectivity index (χ4v) is 4.00. The van der Waals surface area contributed by atoms with Gasteiger partial charge in [0.2, 0.25) is 0 Å². The topological polar surface area (TPSA) is 48.1 Å². The van der Waals surface area contributed by atoms with Gasteiger partial charge in [-0.3, -0.25) is 9.69 Å². The van der Waals surface area contributed by atoms with E-state index in [9.17, 15) is 4.79 Å². The van der Waals surface area contributed by atoms with Crippen LogP contribution >= 0.6 is 11.6 Å². The monoisotopic (exact) mass is 393 g/mol. The van der Waals surface area contributed by atoms with Crippen LogP contribution in [0.2, 0.25) is 5.02 Å². The number of anilines is 1. The molecule has 5 heteroatoms. The predicted molar refractivity (Wildman–Crippen MR) is 117 cm³/mol. The van der Waals surface area contributed by atoms with E-state index >= 15 is 0 Å². The Balaban J connectivity index is 1.58. The number of hydrogen-bond acceptors (Lipinski definition) is 2. The number of carbonyl (C=O) groups is 1. The first-order chi connectivity index (χ1) is 13.7. The van der Waals surface area contributed by atoms with Crippen molar-refractivity contribution in [1.82, 2.24) is 9.88 Å². The number of benzene rings is 2. The summed E-state index contributed by atoms with van der Waals surface area (Å²) in [5.74, 6) is -0.200. The van der Waals surface area contributed by atoms with Gasteiger partial charge in [-0.2, -0.15) is 0 Å². The van der Waals surface area contributed by atoms with Crippen LogP contribution in [0.15, 0.2) is 54.7 Å². The van der Waals surface area contributed by atoms with Crippen LogP contribution in [0.5, 0.6) is 0 Å². The Morgan fingerprint density at radius 1 is 1.25 bits per heavy atom. The molecule has 0 atom stereocenters. The fourth-order valence-electron chi connectivity index (χ4n) is 3.78. The second-order valence-corrected chi connectivity index (χ2v) is 7.58. The van der Waals surface area contributed by atoms with E-state index in [4.69, 9.17) is 11.6 Å². The molecule has 144 valence electrons. The Labute approximate surface area is 170 Å². The highest BCUT2D eigenvalue weighted by atomic mass is 35.5. The lowest BCUT2D eigenvalue weighted by Crippen LogP contribution is -2.29. The standard InChI is InChI=1S/C23H24ClN3O/c1-2-11-27-12-9-16(10-13-27)20-15-25-22-8-7-17(14-19(20)22)26-23(28)18-5-3-4-6-21(18)24/h3-9,14-15,25H,2,10-13H2,1H3,(H,26,28). The number of rotatable bonds is 5. The van der Waals surface area contributed by atoms with Gasteiger partial charge in [-0.25, -0.2) is 0 Å². The van der Waals surface area contributed by atoms with Crippen LogP contribution in [0.3, 0.4) is 0 Å². The first kappa shape index (κ1) is 18.8. The molecule has 1 aliphatic rings. The largest absolute Gasteiger partial charge is 0.361 e. The number of nitrogens with zero attached hydrogens (tertiary/aromatic N) is 1. The number of carbonyl (C=O) groups excluding carboxylic acids is 1. The summed E-state index contributed by atoms with van der Waals surface area (Å²) in [4.78, 5) is 18.4. The number of aromatic amines is 1. The number of aromatic nitrogens is 1. The van der Waals surface area contributed by atoms with Crippen LogP contribution in [0.4, 0.5) is 5.69 Å². The van der Waals surface area contributed by atoms with Gasteiger partial charge in [-0.05, 0) is 55.3 Å². The summed E-state index contributed by atoms with van der Waals surface area (Å²) in [7, 11) is 0. The van der Waals surface area contributed by atoms with E-state index in [1.165, 1.54) is 17.6 Å². The molecule has 0 bridgehead atoms. The normalized spacial score (nSPS) is 14.9. The molecule has 2 heterocycles. The molecule has 4 rings (SSSR count). The molecule has 0 aliphatic carbocycles. The van der Waals surface area contributed by atoms with Crippen molar-refractivity contribution in [3.8, 4) is 0 Å². The lowest BCUT2D eigenvalue weighted by molar-refractivity contribution is 0.102. The SMILES string of the molecule is CCCN1CC=C(c2c[nH]c3ccc(NC(=O)c4ccccc4Cl)cc23)CC1. The average Bonchev–Trinajstić information content (AvgIpc) is 3.12. The zero-order chi connectivity index (χ0) is 19.5. The van der Waals surface area contributed by atoms with Crippen molar-refractivity contribution in [3.63, 3.8) is 0 Å². The molecule has 4 nitrogen and oxygen atoms in total. The Hall–Kier alpha value is -2.56. The van der Waals surface area contributed by atoms with E-state index in [0.717, 1.165) is 42.6 Å². The minimum absolute atomic E-state index is 0.200. The highest BCUT2D eigenvalue weighted by Crippen LogP contribution is 2.31. The molecule has 1 aliphatic heterocycles. The lowest BCUT2D eigenvalue weighted by Gasteiger charge is -2.25. The molecule has 0 saturated carbocycles. The average molecular weight is 394 g/mol. The first-order valence-corrected chi connectivity index (χ1v) is 10.1. The Bertz CT molecular complexity index is 1040. The quantitative estimate of drug-likeness (QED) is 0.595. The van der Waals surface area contributed by atoms with E-state index in [1.54, 1.807) is 12.1 Å². The summed E-state index contributed by atoms with van der Waals surface area (Å²) in [6, 6.07) is 13.0. The first-order valence-electron chi connectivity index (χ1n) is 9.74. The van der Waals surface area contributed by atoms with E-state index in [2.05, 4.69) is 34.4 Å². The van der Waals surface area contributed by atoms with Crippen LogP contribution in [0.25, 0.3) is 16.5 Å². The summed E-state index contributed by atoms with van der Waals surface area (Å²) >= 11 is 6.15. The van der Waals surface area contributed by atoms with Crippen molar-refractivity contribution in [2.75, 3.05) is 25.0 Å². The third-order valence-corrected chi connectivity index (χ3v) is 5.57. The molecular weight excluding hydrogens is 370 g/mol. The van der Waals surface area contributed by atoms with Crippen molar-refractivity contribution in [3.05, 3.63) is 70.9 Å². The minimum atomic E-state index is -0.200. The van der Waals surface area contributed by atoms with Crippen LogP contribution in [-0.2, 0) is 0 Å². The molecule has 28 heavy (non-hydrogen) atoms. The molecule has 2 N–H and O–H groups in total. The molecule has 2 aromatic carbocycles. The third-order valence-electron chi connectivity index (χ3n) is 5.24. The van der Waals surface area contributed by atoms with E-state index < -0.39 is 0 Å². The van der Waals surface area contributed by atoms with Gasteiger partial charge >= 0.3 is 0 Å². The molecule has 0 spiro atoms. The number of fused-ring (bicyclic) bond motifs is 1. The number of nitrogens with one attached hydrogen (secondary N) is 2. The molecule has 1 amide bonds. The summed E-state index contributed by atoms with van der Waals surface area (Å²) < 4.78 is 0. The van der Waals surface area contributed by atoms with E-state index in [0.29, 0.717) is 10.6 Å². The summed E-state index contributed by atoms with van der Waals surface area (Å²) in [6.45, 7) is 5.46. The van der Waals surface area contributed by atoms with Gasteiger partial charge < -0.3 is 10.3 Å². The number of halogens is 1. The molecule has 0 unspecified atom stereocenters. The van der Waals surface area contributed by atoms with Crippen LogP contribution in [0, 0.1) is 0 Å². The minimum Gasteiger partial charge on any atom is -0.361 e. The van der Waals surface area contributed by atoms with Gasteiger partial charge in [0.15, 0.2) is 0 Å². The van der Waals surface area contributed by atoms with E-state index in [1.807, 2.05) is 30.3 Å². The van der Waals surface area contributed by atoms with Gasteiger partial charge in [0.1, 0.15) is 0 Å². The van der Waals surface area contributed by atoms with Gasteiger partial charge in [0.25, 0.3) is 5.91 Å².